The van der Waals surface area contributed by atoms with E-state index in [1.165, 1.54) is 0 Å². The molecule has 1 aromatic carbocycles. The number of rotatable bonds is 3. The molecule has 3 nitrogen and oxygen atoms in total. The monoisotopic (exact) mass is 195 g/mol. The second kappa shape index (κ2) is 5.27. The van der Waals surface area contributed by atoms with Crippen LogP contribution in [-0.4, -0.2) is 11.6 Å². The van der Waals surface area contributed by atoms with Crippen molar-refractivity contribution in [3.63, 3.8) is 0 Å². The van der Waals surface area contributed by atoms with E-state index in [2.05, 4.69) is 17.5 Å². The SMILES string of the molecule is O=C(NC=S)OCc1ccccc1. The summed E-state index contributed by atoms with van der Waals surface area (Å²) in [4.78, 5) is 10.8. The quantitative estimate of drug-likeness (QED) is 0.748. The van der Waals surface area contributed by atoms with E-state index in [4.69, 9.17) is 4.74 Å². The summed E-state index contributed by atoms with van der Waals surface area (Å²) >= 11 is 4.42. The Hall–Kier alpha value is -1.42. The maximum atomic E-state index is 10.8. The Morgan fingerprint density at radius 3 is 2.77 bits per heavy atom. The van der Waals surface area contributed by atoms with Gasteiger partial charge in [0.05, 0.1) is 5.49 Å². The average molecular weight is 195 g/mol. The van der Waals surface area contributed by atoms with Gasteiger partial charge in [-0.1, -0.05) is 42.5 Å². The fourth-order valence-corrected chi connectivity index (χ4v) is 0.909. The molecule has 4 heteroatoms. The molecular weight excluding hydrogens is 186 g/mol. The number of benzene rings is 1. The van der Waals surface area contributed by atoms with Gasteiger partial charge < -0.3 is 4.74 Å². The van der Waals surface area contributed by atoms with Crippen LogP contribution in [0.15, 0.2) is 30.3 Å². The first-order valence-corrected chi connectivity index (χ1v) is 4.21. The summed E-state index contributed by atoms with van der Waals surface area (Å²) in [5, 5.41) is 2.24. The Kier molecular flexibility index (Phi) is 3.92. The van der Waals surface area contributed by atoms with E-state index < -0.39 is 6.09 Å². The minimum absolute atomic E-state index is 0.260. The van der Waals surface area contributed by atoms with Crippen LogP contribution in [0.2, 0.25) is 0 Å². The van der Waals surface area contributed by atoms with Crippen molar-refractivity contribution < 1.29 is 9.53 Å². The van der Waals surface area contributed by atoms with Crippen LogP contribution < -0.4 is 5.32 Å². The highest BCUT2D eigenvalue weighted by Crippen LogP contribution is 1.99. The number of hydrogen-bond donors (Lipinski definition) is 1. The lowest BCUT2D eigenvalue weighted by Crippen LogP contribution is -2.21. The highest BCUT2D eigenvalue weighted by Gasteiger charge is 1.98. The molecule has 0 fully saturated rings. The second-order valence-electron chi connectivity index (χ2n) is 2.32. The van der Waals surface area contributed by atoms with Crippen LogP contribution in [0.3, 0.4) is 0 Å². The number of alkyl carbamates (subject to hydrolysis) is 1. The number of amides is 1. The van der Waals surface area contributed by atoms with Crippen LogP contribution >= 0.6 is 12.2 Å². The predicted octanol–water partition coefficient (Wildman–Crippen LogP) is 1.87. The Bertz CT molecular complexity index is 287. The zero-order valence-corrected chi connectivity index (χ0v) is 7.71. The van der Waals surface area contributed by atoms with Gasteiger partial charge in [-0.3, -0.25) is 5.32 Å². The van der Waals surface area contributed by atoms with Crippen molar-refractivity contribution in [3.05, 3.63) is 35.9 Å². The molecule has 0 aromatic heterocycles. The molecule has 1 amide bonds. The Morgan fingerprint density at radius 2 is 2.15 bits per heavy atom. The van der Waals surface area contributed by atoms with E-state index in [0.29, 0.717) is 0 Å². The first-order chi connectivity index (χ1) is 6.33. The van der Waals surface area contributed by atoms with Gasteiger partial charge in [0.25, 0.3) is 0 Å². The zero-order chi connectivity index (χ0) is 9.52. The molecule has 0 saturated carbocycles. The molecule has 0 aliphatic heterocycles. The van der Waals surface area contributed by atoms with Gasteiger partial charge in [0.2, 0.25) is 0 Å². The van der Waals surface area contributed by atoms with Crippen LogP contribution in [0.25, 0.3) is 0 Å². The molecule has 1 aromatic rings. The molecule has 1 N–H and O–H groups in total. The Labute approximate surface area is 81.7 Å². The topological polar surface area (TPSA) is 38.3 Å². The minimum atomic E-state index is -0.529. The first kappa shape index (κ1) is 9.67. The molecule has 0 bridgehead atoms. The van der Waals surface area contributed by atoms with Gasteiger partial charge >= 0.3 is 6.09 Å². The number of nitrogens with one attached hydrogen (secondary N) is 1. The zero-order valence-electron chi connectivity index (χ0n) is 6.90. The number of hydrogen-bond acceptors (Lipinski definition) is 3. The molecule has 13 heavy (non-hydrogen) atoms. The first-order valence-electron chi connectivity index (χ1n) is 3.74. The third kappa shape index (κ3) is 3.66. The molecular formula is C9H9NO2S. The van der Waals surface area contributed by atoms with Crippen molar-refractivity contribution >= 4 is 23.8 Å². The molecule has 0 saturated heterocycles. The van der Waals surface area contributed by atoms with Gasteiger partial charge in [-0.15, -0.1) is 0 Å². The lowest BCUT2D eigenvalue weighted by molar-refractivity contribution is 0.145. The predicted molar refractivity (Wildman–Crippen MR) is 53.4 cm³/mol. The third-order valence-corrected chi connectivity index (χ3v) is 1.51. The van der Waals surface area contributed by atoms with E-state index in [0.717, 1.165) is 11.1 Å². The second-order valence-corrected chi connectivity index (χ2v) is 2.56. The highest BCUT2D eigenvalue weighted by atomic mass is 32.1. The van der Waals surface area contributed by atoms with E-state index in [1.54, 1.807) is 0 Å². The molecule has 0 spiro atoms. The lowest BCUT2D eigenvalue weighted by atomic mass is 10.2. The fraction of sp³-hybridized carbons (Fsp3) is 0.111. The van der Waals surface area contributed by atoms with Crippen molar-refractivity contribution in [2.75, 3.05) is 0 Å². The number of ether oxygens (including phenoxy) is 1. The van der Waals surface area contributed by atoms with E-state index >= 15 is 0 Å². The van der Waals surface area contributed by atoms with Gasteiger partial charge in [0, 0.05) is 0 Å². The summed E-state index contributed by atoms with van der Waals surface area (Å²) in [6.07, 6.45) is -0.529. The summed E-state index contributed by atoms with van der Waals surface area (Å²) in [6, 6.07) is 9.43. The largest absolute Gasteiger partial charge is 0.444 e. The van der Waals surface area contributed by atoms with Crippen molar-refractivity contribution in [2.24, 2.45) is 0 Å². The van der Waals surface area contributed by atoms with Gasteiger partial charge in [-0.05, 0) is 5.56 Å². The van der Waals surface area contributed by atoms with Crippen molar-refractivity contribution in [3.8, 4) is 0 Å². The normalized spacial score (nSPS) is 8.92. The molecule has 68 valence electrons. The summed E-state index contributed by atoms with van der Waals surface area (Å²) < 4.78 is 4.82. The molecule has 1 rings (SSSR count). The van der Waals surface area contributed by atoms with E-state index in [1.807, 2.05) is 30.3 Å². The molecule has 0 atom stereocenters. The molecule has 0 radical (unpaired) electrons. The van der Waals surface area contributed by atoms with Crippen LogP contribution in [0.5, 0.6) is 0 Å². The average Bonchev–Trinajstić information content (AvgIpc) is 2.17. The van der Waals surface area contributed by atoms with Gasteiger partial charge in [-0.2, -0.15) is 0 Å². The Balaban J connectivity index is 2.35. The molecule has 0 aliphatic rings. The number of carbonyl (C=O) groups is 1. The lowest BCUT2D eigenvalue weighted by Gasteiger charge is -2.02. The maximum absolute atomic E-state index is 10.8. The summed E-state index contributed by atoms with van der Waals surface area (Å²) in [6.45, 7) is 0.260. The molecule has 0 heterocycles. The number of carbonyl (C=O) groups excluding carboxylic acids is 1. The third-order valence-electron chi connectivity index (χ3n) is 1.39. The fourth-order valence-electron chi connectivity index (χ4n) is 0.813. The Morgan fingerprint density at radius 1 is 1.46 bits per heavy atom. The minimum Gasteiger partial charge on any atom is -0.444 e. The van der Waals surface area contributed by atoms with Crippen molar-refractivity contribution in [2.45, 2.75) is 6.61 Å². The smallest absolute Gasteiger partial charge is 0.412 e. The summed E-state index contributed by atoms with van der Waals surface area (Å²) in [7, 11) is 0. The van der Waals surface area contributed by atoms with Gasteiger partial charge in [-0.25, -0.2) is 4.79 Å². The number of thiocarbonyl (C=S) groups is 1. The summed E-state index contributed by atoms with van der Waals surface area (Å²) in [5.41, 5.74) is 2.06. The van der Waals surface area contributed by atoms with Crippen LogP contribution in [0.1, 0.15) is 5.56 Å². The van der Waals surface area contributed by atoms with Gasteiger partial charge in [0.1, 0.15) is 6.61 Å². The molecule has 0 unspecified atom stereocenters. The van der Waals surface area contributed by atoms with Crippen LogP contribution in [0, 0.1) is 0 Å². The molecule has 0 aliphatic carbocycles. The highest BCUT2D eigenvalue weighted by molar-refractivity contribution is 7.78. The standard InChI is InChI=1S/C9H9NO2S/c11-9(10-7-13)12-6-8-4-2-1-3-5-8/h1-5,7H,6H2,(H,10,11,13). The van der Waals surface area contributed by atoms with Crippen molar-refractivity contribution in [1.82, 2.24) is 5.32 Å². The summed E-state index contributed by atoms with van der Waals surface area (Å²) in [5.74, 6) is 0. The van der Waals surface area contributed by atoms with Gasteiger partial charge in [0.15, 0.2) is 0 Å². The van der Waals surface area contributed by atoms with Crippen LogP contribution in [-0.2, 0) is 11.3 Å². The maximum Gasteiger partial charge on any atom is 0.412 e. The van der Waals surface area contributed by atoms with E-state index in [9.17, 15) is 4.79 Å². The van der Waals surface area contributed by atoms with Crippen molar-refractivity contribution in [1.29, 1.82) is 0 Å². The van der Waals surface area contributed by atoms with E-state index in [-0.39, 0.29) is 6.61 Å². The van der Waals surface area contributed by atoms with Crippen LogP contribution in [0.4, 0.5) is 4.79 Å².